The Morgan fingerprint density at radius 1 is 1.11 bits per heavy atom. The van der Waals surface area contributed by atoms with Gasteiger partial charge in [0.15, 0.2) is 11.5 Å². The van der Waals surface area contributed by atoms with Crippen LogP contribution in [0.15, 0.2) is 42.5 Å². The van der Waals surface area contributed by atoms with E-state index in [0.717, 1.165) is 31.4 Å². The average Bonchev–Trinajstić information content (AvgIpc) is 3.16. The van der Waals surface area contributed by atoms with E-state index in [-0.39, 0.29) is 5.91 Å². The fraction of sp³-hybridized carbons (Fsp3) is 0.435. The first kappa shape index (κ1) is 20.2. The topological polar surface area (TPSA) is 50.8 Å². The number of amides is 1. The Kier molecular flexibility index (Phi) is 6.93. The van der Waals surface area contributed by atoms with Crippen LogP contribution in [-0.4, -0.2) is 44.7 Å². The van der Waals surface area contributed by atoms with Crippen molar-refractivity contribution in [1.82, 2.24) is 10.2 Å². The summed E-state index contributed by atoms with van der Waals surface area (Å²) in [6.45, 7) is 4.13. The van der Waals surface area contributed by atoms with E-state index in [9.17, 15) is 4.79 Å². The third-order valence-electron chi connectivity index (χ3n) is 5.36. The number of nitrogens with zero attached hydrogens (tertiary/aromatic N) is 1. The molecule has 0 bridgehead atoms. The number of hydrogen-bond donors (Lipinski definition) is 1. The maximum absolute atomic E-state index is 12.4. The molecule has 0 radical (unpaired) electrons. The molecule has 1 aliphatic heterocycles. The van der Waals surface area contributed by atoms with Gasteiger partial charge < -0.3 is 14.8 Å². The second-order valence-electron chi connectivity index (χ2n) is 7.33. The molecule has 2 aromatic carbocycles. The maximum Gasteiger partial charge on any atom is 0.234 e. The number of ether oxygens (including phenoxy) is 2. The van der Waals surface area contributed by atoms with E-state index in [1.54, 1.807) is 14.2 Å². The summed E-state index contributed by atoms with van der Waals surface area (Å²) >= 11 is 0. The van der Waals surface area contributed by atoms with Crippen LogP contribution < -0.4 is 14.8 Å². The summed E-state index contributed by atoms with van der Waals surface area (Å²) in [6, 6.07) is 14.9. The highest BCUT2D eigenvalue weighted by Gasteiger charge is 2.27. The molecule has 1 N–H and O–H groups in total. The van der Waals surface area contributed by atoms with Gasteiger partial charge in [-0.15, -0.1) is 0 Å². The molecular formula is C23H30N2O3. The number of aryl methyl sites for hydroxylation is 1. The summed E-state index contributed by atoms with van der Waals surface area (Å²) < 4.78 is 10.6. The van der Waals surface area contributed by atoms with E-state index < -0.39 is 0 Å². The zero-order valence-electron chi connectivity index (χ0n) is 17.0. The van der Waals surface area contributed by atoms with Crippen LogP contribution in [-0.2, 0) is 11.2 Å². The normalized spacial score (nSPS) is 16.8. The van der Waals surface area contributed by atoms with E-state index in [1.165, 1.54) is 11.1 Å². The van der Waals surface area contributed by atoms with Gasteiger partial charge in [-0.25, -0.2) is 0 Å². The van der Waals surface area contributed by atoms with Crippen LogP contribution in [0.2, 0.25) is 0 Å². The zero-order valence-corrected chi connectivity index (χ0v) is 17.0. The fourth-order valence-electron chi connectivity index (χ4n) is 3.80. The average molecular weight is 383 g/mol. The minimum atomic E-state index is 0.0829. The Balaban J connectivity index is 1.49. The molecule has 150 valence electrons. The molecule has 1 fully saturated rings. The van der Waals surface area contributed by atoms with Crippen molar-refractivity contribution < 1.29 is 14.3 Å². The molecule has 2 aromatic rings. The molecule has 0 aliphatic carbocycles. The number of likely N-dealkylation sites (tertiary alicyclic amines) is 1. The molecular weight excluding hydrogens is 352 g/mol. The van der Waals surface area contributed by atoms with E-state index in [2.05, 4.69) is 41.4 Å². The quantitative estimate of drug-likeness (QED) is 0.759. The Labute approximate surface area is 167 Å². The van der Waals surface area contributed by atoms with Gasteiger partial charge in [-0.3, -0.25) is 9.69 Å². The van der Waals surface area contributed by atoms with Crippen molar-refractivity contribution in [3.05, 3.63) is 59.2 Å². The van der Waals surface area contributed by atoms with Crippen LogP contribution in [0.25, 0.3) is 0 Å². The van der Waals surface area contributed by atoms with Gasteiger partial charge >= 0.3 is 0 Å². The summed E-state index contributed by atoms with van der Waals surface area (Å²) in [5, 5.41) is 3.05. The number of benzene rings is 2. The number of nitrogens with one attached hydrogen (secondary N) is 1. The van der Waals surface area contributed by atoms with Crippen molar-refractivity contribution in [2.24, 2.45) is 0 Å². The van der Waals surface area contributed by atoms with Crippen LogP contribution in [0.5, 0.6) is 11.5 Å². The van der Waals surface area contributed by atoms with Gasteiger partial charge in [0.1, 0.15) is 0 Å². The van der Waals surface area contributed by atoms with Crippen LogP contribution in [0.4, 0.5) is 0 Å². The highest BCUT2D eigenvalue weighted by Crippen LogP contribution is 2.31. The molecule has 5 heteroatoms. The molecule has 1 saturated heterocycles. The molecule has 1 atom stereocenters. The van der Waals surface area contributed by atoms with Gasteiger partial charge in [0, 0.05) is 12.6 Å². The lowest BCUT2D eigenvalue weighted by atomic mass is 10.0. The highest BCUT2D eigenvalue weighted by atomic mass is 16.5. The number of methoxy groups -OCH3 is 2. The summed E-state index contributed by atoms with van der Waals surface area (Å²) in [4.78, 5) is 14.7. The molecule has 28 heavy (non-hydrogen) atoms. The summed E-state index contributed by atoms with van der Waals surface area (Å²) in [7, 11) is 3.25. The SMILES string of the molecule is COc1ccc(CCNC(=O)CN2CCCC2c2ccc(C)cc2)cc1OC. The molecule has 1 amide bonds. The fourth-order valence-corrected chi connectivity index (χ4v) is 3.80. The highest BCUT2D eigenvalue weighted by molar-refractivity contribution is 5.78. The molecule has 1 unspecified atom stereocenters. The Bertz CT molecular complexity index is 789. The molecule has 0 spiro atoms. The van der Waals surface area contributed by atoms with E-state index >= 15 is 0 Å². The third-order valence-corrected chi connectivity index (χ3v) is 5.36. The van der Waals surface area contributed by atoms with Gasteiger partial charge in [0.05, 0.1) is 20.8 Å². The van der Waals surface area contributed by atoms with Gasteiger partial charge in [-0.05, 0) is 56.0 Å². The van der Waals surface area contributed by atoms with Crippen LogP contribution >= 0.6 is 0 Å². The third kappa shape index (κ3) is 5.04. The van der Waals surface area contributed by atoms with E-state index in [1.807, 2.05) is 18.2 Å². The molecule has 0 saturated carbocycles. The molecule has 3 rings (SSSR count). The van der Waals surface area contributed by atoms with E-state index in [0.29, 0.717) is 30.6 Å². The van der Waals surface area contributed by atoms with Crippen LogP contribution in [0.3, 0.4) is 0 Å². The number of carbonyl (C=O) groups excluding carboxylic acids is 1. The van der Waals surface area contributed by atoms with Crippen molar-refractivity contribution in [2.45, 2.75) is 32.2 Å². The number of hydrogen-bond acceptors (Lipinski definition) is 4. The van der Waals surface area contributed by atoms with Gasteiger partial charge in [0.2, 0.25) is 5.91 Å². The van der Waals surface area contributed by atoms with Crippen LogP contribution in [0.1, 0.15) is 35.6 Å². The second kappa shape index (κ2) is 9.60. The Morgan fingerprint density at radius 2 is 1.86 bits per heavy atom. The predicted octanol–water partition coefficient (Wildman–Crippen LogP) is 3.51. The zero-order chi connectivity index (χ0) is 19.9. The maximum atomic E-state index is 12.4. The second-order valence-corrected chi connectivity index (χ2v) is 7.33. The molecule has 1 aliphatic rings. The minimum Gasteiger partial charge on any atom is -0.493 e. The lowest BCUT2D eigenvalue weighted by Gasteiger charge is -2.24. The smallest absolute Gasteiger partial charge is 0.234 e. The number of rotatable bonds is 8. The van der Waals surface area contributed by atoms with Gasteiger partial charge in [-0.1, -0.05) is 35.9 Å². The Hall–Kier alpha value is -2.53. The van der Waals surface area contributed by atoms with Crippen molar-refractivity contribution >= 4 is 5.91 Å². The van der Waals surface area contributed by atoms with Crippen molar-refractivity contribution in [3.63, 3.8) is 0 Å². The first-order chi connectivity index (χ1) is 13.6. The molecule has 0 aromatic heterocycles. The van der Waals surface area contributed by atoms with Gasteiger partial charge in [0.25, 0.3) is 0 Å². The van der Waals surface area contributed by atoms with Crippen molar-refractivity contribution in [2.75, 3.05) is 33.9 Å². The summed E-state index contributed by atoms with van der Waals surface area (Å²) in [5.41, 5.74) is 3.68. The minimum absolute atomic E-state index is 0.0829. The van der Waals surface area contributed by atoms with Crippen LogP contribution in [0, 0.1) is 6.92 Å². The largest absolute Gasteiger partial charge is 0.493 e. The summed E-state index contributed by atoms with van der Waals surface area (Å²) in [6.07, 6.45) is 3.01. The lowest BCUT2D eigenvalue weighted by Crippen LogP contribution is -2.37. The number of carbonyl (C=O) groups is 1. The summed E-state index contributed by atoms with van der Waals surface area (Å²) in [5.74, 6) is 1.51. The first-order valence-electron chi connectivity index (χ1n) is 9.89. The Morgan fingerprint density at radius 3 is 2.57 bits per heavy atom. The lowest BCUT2D eigenvalue weighted by molar-refractivity contribution is -0.122. The standard InChI is InChI=1S/C23H30N2O3/c1-17-6-9-19(10-7-17)20-5-4-14-25(20)16-23(26)24-13-12-18-8-11-21(27-2)22(15-18)28-3/h6-11,15,20H,4-5,12-14,16H2,1-3H3,(H,24,26). The van der Waals surface area contributed by atoms with Crippen molar-refractivity contribution in [1.29, 1.82) is 0 Å². The van der Waals surface area contributed by atoms with E-state index in [4.69, 9.17) is 9.47 Å². The molecule has 5 nitrogen and oxygen atoms in total. The predicted molar refractivity (Wildman–Crippen MR) is 111 cm³/mol. The first-order valence-corrected chi connectivity index (χ1v) is 9.89. The van der Waals surface area contributed by atoms with Gasteiger partial charge in [-0.2, -0.15) is 0 Å². The molecule has 1 heterocycles. The monoisotopic (exact) mass is 382 g/mol. The van der Waals surface area contributed by atoms with Crippen molar-refractivity contribution in [3.8, 4) is 11.5 Å².